The maximum atomic E-state index is 13.6. The number of nitrogens with two attached hydrogens (primary N) is 4. The molecule has 1 aromatic heterocycles. The second-order valence-corrected chi connectivity index (χ2v) is 13.8. The number of carboxylic acids is 1. The molecule has 0 spiro atoms. The van der Waals surface area contributed by atoms with Crippen LogP contribution in [0.5, 0.6) is 0 Å². The molecule has 0 fully saturated rings. The summed E-state index contributed by atoms with van der Waals surface area (Å²) in [5.74, 6) is -6.88. The van der Waals surface area contributed by atoms with Crippen molar-refractivity contribution in [3.05, 3.63) is 18.2 Å². The van der Waals surface area contributed by atoms with Gasteiger partial charge in [-0.2, -0.15) is 12.6 Å². The van der Waals surface area contributed by atoms with Crippen LogP contribution < -0.4 is 54.8 Å². The van der Waals surface area contributed by atoms with Gasteiger partial charge in [-0.15, -0.1) is 0 Å². The number of imidazole rings is 1. The number of aliphatic hydroxyl groups excluding tert-OH is 2. The number of aliphatic hydroxyl groups is 2. The molecule has 0 saturated carbocycles. The number of aromatic amines is 1. The Bertz CT molecular complexity index is 1410. The molecule has 8 atom stereocenters. The van der Waals surface area contributed by atoms with Crippen molar-refractivity contribution in [1.82, 2.24) is 41.9 Å². The molecule has 0 aliphatic carbocycles. The zero-order chi connectivity index (χ0) is 42.9. The number of hydrogen-bond acceptors (Lipinski definition) is 15. The lowest BCUT2D eigenvalue weighted by Gasteiger charge is -2.27. The summed E-state index contributed by atoms with van der Waals surface area (Å²) in [6.45, 7) is 1.37. The molecule has 324 valence electrons. The molecule has 1 heterocycles. The van der Waals surface area contributed by atoms with Crippen molar-refractivity contribution in [1.29, 1.82) is 0 Å². The minimum atomic E-state index is -1.63. The lowest BCUT2D eigenvalue weighted by atomic mass is 10.1. The van der Waals surface area contributed by atoms with Gasteiger partial charge in [0, 0.05) is 24.1 Å². The Morgan fingerprint density at radius 1 is 0.684 bits per heavy atom. The summed E-state index contributed by atoms with van der Waals surface area (Å²) < 4.78 is 0. The summed E-state index contributed by atoms with van der Waals surface area (Å²) in [6.07, 6.45) is 4.61. The van der Waals surface area contributed by atoms with Crippen LogP contribution in [0, 0.1) is 0 Å². The zero-order valence-corrected chi connectivity index (χ0v) is 33.2. The van der Waals surface area contributed by atoms with Gasteiger partial charge in [-0.3, -0.25) is 28.8 Å². The van der Waals surface area contributed by atoms with Crippen LogP contribution in [0.4, 0.5) is 0 Å². The van der Waals surface area contributed by atoms with Gasteiger partial charge >= 0.3 is 5.97 Å². The Kier molecular flexibility index (Phi) is 24.9. The van der Waals surface area contributed by atoms with E-state index >= 15 is 0 Å². The Morgan fingerprint density at radius 2 is 1.16 bits per heavy atom. The highest BCUT2D eigenvalue weighted by atomic mass is 32.1. The molecule has 0 aliphatic heterocycles. The van der Waals surface area contributed by atoms with Crippen LogP contribution in [0.3, 0.4) is 0 Å². The fourth-order valence-electron chi connectivity index (χ4n) is 5.38. The molecule has 0 aromatic carbocycles. The predicted octanol–water partition coefficient (Wildman–Crippen LogP) is -5.04. The number of amides is 6. The van der Waals surface area contributed by atoms with Gasteiger partial charge in [-0.1, -0.05) is 6.42 Å². The van der Waals surface area contributed by atoms with E-state index in [-0.39, 0.29) is 31.4 Å². The van der Waals surface area contributed by atoms with Gasteiger partial charge in [-0.25, -0.2) is 9.78 Å². The predicted molar refractivity (Wildman–Crippen MR) is 211 cm³/mol. The molecule has 0 bridgehead atoms. The molecular weight excluding hydrogens is 769 g/mol. The van der Waals surface area contributed by atoms with Gasteiger partial charge in [0.05, 0.1) is 25.1 Å². The number of H-pyrrole nitrogens is 1. The van der Waals surface area contributed by atoms with E-state index in [9.17, 15) is 48.9 Å². The summed E-state index contributed by atoms with van der Waals surface area (Å²) in [6, 6.07) is -9.47. The van der Waals surface area contributed by atoms with Gasteiger partial charge in [0.15, 0.2) is 0 Å². The molecule has 1 aromatic rings. The lowest BCUT2D eigenvalue weighted by Crippen LogP contribution is -2.62. The van der Waals surface area contributed by atoms with E-state index in [2.05, 4.69) is 54.5 Å². The van der Waals surface area contributed by atoms with E-state index in [4.69, 9.17) is 22.9 Å². The average Bonchev–Trinajstić information content (AvgIpc) is 3.69. The van der Waals surface area contributed by atoms with Crippen molar-refractivity contribution in [3.8, 4) is 0 Å². The van der Waals surface area contributed by atoms with Crippen molar-refractivity contribution in [2.75, 3.05) is 32.0 Å². The van der Waals surface area contributed by atoms with Crippen LogP contribution in [0.25, 0.3) is 0 Å². The highest BCUT2D eigenvalue weighted by Crippen LogP contribution is 2.08. The minimum Gasteiger partial charge on any atom is -0.480 e. The third kappa shape index (κ3) is 19.1. The SMILES string of the molecule is C[C@@H](O)[C@H](NC(=O)[C@@H](N)CCCCN)C(=O)N[C@@H](Cc1cnc[nH]1)C(=O)N[C@@H](CS)C(=O)N[C@@H](CO)C(=O)N[C@@H](CCCCN)C(=O)N[C@@H](CCCCN)C(=O)O. The Hall–Kier alpha value is -4.39. The molecule has 57 heavy (non-hydrogen) atoms. The van der Waals surface area contributed by atoms with Crippen LogP contribution in [-0.4, -0.2) is 147 Å². The average molecular weight is 831 g/mol. The molecule has 0 unspecified atom stereocenters. The Morgan fingerprint density at radius 3 is 1.67 bits per heavy atom. The summed E-state index contributed by atoms with van der Waals surface area (Å²) in [4.78, 5) is 98.0. The van der Waals surface area contributed by atoms with E-state index in [0.717, 1.165) is 0 Å². The number of nitrogens with one attached hydrogen (secondary N) is 7. The van der Waals surface area contributed by atoms with Crippen LogP contribution in [-0.2, 0) is 40.0 Å². The number of aromatic nitrogens is 2. The minimum absolute atomic E-state index is 0.0654. The maximum absolute atomic E-state index is 13.6. The lowest BCUT2D eigenvalue weighted by molar-refractivity contribution is -0.142. The molecule has 0 radical (unpaired) electrons. The maximum Gasteiger partial charge on any atom is 0.326 e. The van der Waals surface area contributed by atoms with Crippen molar-refractivity contribution in [2.45, 2.75) is 120 Å². The van der Waals surface area contributed by atoms with E-state index in [1.165, 1.54) is 19.4 Å². The molecule has 6 amide bonds. The first-order valence-electron chi connectivity index (χ1n) is 18.9. The van der Waals surface area contributed by atoms with Crippen LogP contribution in [0.1, 0.15) is 70.4 Å². The molecule has 0 aliphatic rings. The fourth-order valence-corrected chi connectivity index (χ4v) is 5.64. The fraction of sp³-hybridized carbons (Fsp3) is 0.706. The molecule has 1 rings (SSSR count). The number of hydrogen-bond donors (Lipinski definition) is 15. The molecular formula is C34H62N12O10S. The third-order valence-electron chi connectivity index (χ3n) is 8.75. The van der Waals surface area contributed by atoms with Gasteiger partial charge in [0.2, 0.25) is 35.4 Å². The first-order chi connectivity index (χ1) is 27.1. The van der Waals surface area contributed by atoms with E-state index in [1.807, 2.05) is 0 Å². The summed E-state index contributed by atoms with van der Waals surface area (Å²) in [5, 5.41) is 44.5. The molecule has 0 saturated heterocycles. The Labute approximate surface area is 337 Å². The van der Waals surface area contributed by atoms with Crippen LogP contribution >= 0.6 is 12.6 Å². The van der Waals surface area contributed by atoms with Crippen LogP contribution in [0.15, 0.2) is 12.5 Å². The summed E-state index contributed by atoms with van der Waals surface area (Å²) >= 11 is 4.16. The number of rotatable bonds is 30. The standard InChI is InChI=1S/C34H62N12O10S/c1-19(48)27(46-28(49)21(38)8-2-5-11-35)33(54)43-24(14-20-15-39-18-40-20)30(51)45-26(17-57)32(53)44-25(16-47)31(52)41-22(9-3-6-12-36)29(50)42-23(34(55)56)10-4-7-13-37/h15,18-19,21-27,47-48,57H,2-14,16-17,35-38H2,1H3,(H,39,40)(H,41,52)(H,42,50)(H,43,54)(H,44,53)(H,45,51)(H,46,49)(H,55,56)/t19-,21+,22+,23+,24+,25+,26+,27+/m1/s1. The second-order valence-electron chi connectivity index (χ2n) is 13.5. The summed E-state index contributed by atoms with van der Waals surface area (Å²) in [5.41, 5.74) is 22.9. The number of unbranched alkanes of at least 4 members (excludes halogenated alkanes) is 3. The molecule has 22 nitrogen and oxygen atoms in total. The number of carbonyl (C=O) groups excluding carboxylic acids is 6. The van der Waals surface area contributed by atoms with E-state index in [0.29, 0.717) is 63.9 Å². The number of carbonyl (C=O) groups is 7. The quantitative estimate of drug-likeness (QED) is 0.0255. The highest BCUT2D eigenvalue weighted by Gasteiger charge is 2.34. The van der Waals surface area contributed by atoms with Crippen molar-refractivity contribution < 1.29 is 48.9 Å². The van der Waals surface area contributed by atoms with Crippen molar-refractivity contribution in [2.24, 2.45) is 22.9 Å². The molecule has 18 N–H and O–H groups in total. The number of aliphatic carboxylic acids is 1. The van der Waals surface area contributed by atoms with Gasteiger partial charge < -0.3 is 75.1 Å². The van der Waals surface area contributed by atoms with Crippen molar-refractivity contribution in [3.63, 3.8) is 0 Å². The first-order valence-corrected chi connectivity index (χ1v) is 19.5. The third-order valence-corrected chi connectivity index (χ3v) is 9.12. The van der Waals surface area contributed by atoms with Gasteiger partial charge in [0.25, 0.3) is 0 Å². The highest BCUT2D eigenvalue weighted by molar-refractivity contribution is 7.80. The van der Waals surface area contributed by atoms with Gasteiger partial charge in [0.1, 0.15) is 36.3 Å². The first kappa shape index (κ1) is 50.6. The van der Waals surface area contributed by atoms with E-state index in [1.54, 1.807) is 0 Å². The normalized spacial score (nSPS) is 15.4. The monoisotopic (exact) mass is 830 g/mol. The van der Waals surface area contributed by atoms with E-state index < -0.39 is 96.4 Å². The Balaban J connectivity index is 3.12. The van der Waals surface area contributed by atoms with Crippen LogP contribution in [0.2, 0.25) is 0 Å². The van der Waals surface area contributed by atoms with Gasteiger partial charge in [-0.05, 0) is 77.9 Å². The largest absolute Gasteiger partial charge is 0.480 e. The summed E-state index contributed by atoms with van der Waals surface area (Å²) in [7, 11) is 0. The second kappa shape index (κ2) is 28.1. The van der Waals surface area contributed by atoms with Crippen molar-refractivity contribution >= 4 is 54.0 Å². The number of carboxylic acid groups (broad SMARTS) is 1. The number of thiol groups is 1. The zero-order valence-electron chi connectivity index (χ0n) is 32.3. The topological polar surface area (TPSA) is 385 Å². The smallest absolute Gasteiger partial charge is 0.326 e. The number of nitrogens with zero attached hydrogens (tertiary/aromatic N) is 1. The molecule has 23 heteroatoms.